The molecule has 4 rings (SSSR count). The van der Waals surface area contributed by atoms with Crippen molar-refractivity contribution in [3.05, 3.63) is 118 Å². The van der Waals surface area contributed by atoms with Gasteiger partial charge in [-0.25, -0.2) is 9.59 Å². The number of ether oxygens (including phenoxy) is 5. The van der Waals surface area contributed by atoms with Gasteiger partial charge in [-0.3, -0.25) is 14.8 Å². The molecule has 0 saturated heterocycles. The average Bonchev–Trinajstić information content (AvgIpc) is 3.04. The van der Waals surface area contributed by atoms with E-state index in [-0.39, 0.29) is 37.3 Å². The largest absolute Gasteiger partial charge is 0.513 e. The van der Waals surface area contributed by atoms with E-state index in [0.29, 0.717) is 42.6 Å². The molecule has 2 aromatic heterocycles. The van der Waals surface area contributed by atoms with Gasteiger partial charge < -0.3 is 29.0 Å². The molecule has 0 saturated carbocycles. The monoisotopic (exact) mass is 615 g/mol. The number of pyridine rings is 2. The third-order valence-corrected chi connectivity index (χ3v) is 6.89. The molecule has 11 heteroatoms. The molecule has 0 bridgehead atoms. The van der Waals surface area contributed by atoms with Gasteiger partial charge in [0.2, 0.25) is 0 Å². The third kappa shape index (κ3) is 10.2. The van der Waals surface area contributed by atoms with Crippen LogP contribution in [0.25, 0.3) is 0 Å². The summed E-state index contributed by atoms with van der Waals surface area (Å²) in [5.41, 5.74) is 4.59. The standard InChI is InChI=1S/C34H37N3O8/c1-23-31(44-33(39)41-18-6-10-26-8-4-16-35-20-26)30(29-14-12-28(13-15-29)22-43-25(3)38)32(24(2)37-23)45-34(40)42-19-7-11-27-9-5-17-36-21-27/h4-5,8-9,12-17,20-21,30,37H,6-7,10-11,18-19,22H2,1-3H3. The van der Waals surface area contributed by atoms with Crippen LogP contribution in [0.2, 0.25) is 0 Å². The summed E-state index contributed by atoms with van der Waals surface area (Å²) < 4.78 is 27.3. The summed E-state index contributed by atoms with van der Waals surface area (Å²) in [4.78, 5) is 45.1. The van der Waals surface area contributed by atoms with E-state index in [1.807, 2.05) is 24.3 Å². The van der Waals surface area contributed by atoms with Crippen molar-refractivity contribution in [3.63, 3.8) is 0 Å². The average molecular weight is 616 g/mol. The fourth-order valence-electron chi connectivity index (χ4n) is 4.72. The summed E-state index contributed by atoms with van der Waals surface area (Å²) >= 11 is 0. The number of dihydropyridines is 1. The highest BCUT2D eigenvalue weighted by molar-refractivity contribution is 5.66. The van der Waals surface area contributed by atoms with Gasteiger partial charge in [-0.2, -0.15) is 0 Å². The van der Waals surface area contributed by atoms with Crippen LogP contribution in [-0.2, 0) is 47.9 Å². The Morgan fingerprint density at radius 2 is 1.22 bits per heavy atom. The van der Waals surface area contributed by atoms with Crippen LogP contribution >= 0.6 is 0 Å². The maximum Gasteiger partial charge on any atom is 0.513 e. The first-order valence-corrected chi connectivity index (χ1v) is 14.7. The van der Waals surface area contributed by atoms with Gasteiger partial charge in [0.05, 0.1) is 24.6 Å². The van der Waals surface area contributed by atoms with Crippen molar-refractivity contribution in [2.24, 2.45) is 0 Å². The van der Waals surface area contributed by atoms with Crippen LogP contribution < -0.4 is 5.32 Å². The second-order valence-corrected chi connectivity index (χ2v) is 10.4. The molecule has 1 aliphatic heterocycles. The highest BCUT2D eigenvalue weighted by Crippen LogP contribution is 2.39. The highest BCUT2D eigenvalue weighted by Gasteiger charge is 2.35. The van der Waals surface area contributed by atoms with Crippen LogP contribution in [0.15, 0.2) is 96.2 Å². The molecule has 0 radical (unpaired) electrons. The molecule has 0 spiro atoms. The summed E-state index contributed by atoms with van der Waals surface area (Å²) in [6, 6.07) is 14.8. The minimum Gasteiger partial charge on any atom is -0.461 e. The number of carbonyl (C=O) groups is 3. The number of carbonyl (C=O) groups excluding carboxylic acids is 3. The van der Waals surface area contributed by atoms with E-state index < -0.39 is 18.2 Å². The van der Waals surface area contributed by atoms with Crippen LogP contribution in [-0.4, -0.2) is 41.5 Å². The molecule has 45 heavy (non-hydrogen) atoms. The van der Waals surface area contributed by atoms with Gasteiger partial charge in [-0.05, 0) is 73.9 Å². The van der Waals surface area contributed by atoms with E-state index in [0.717, 1.165) is 16.7 Å². The Morgan fingerprint density at radius 1 is 0.711 bits per heavy atom. The molecule has 1 aliphatic rings. The quantitative estimate of drug-likeness (QED) is 0.133. The molecule has 11 nitrogen and oxygen atoms in total. The van der Waals surface area contributed by atoms with Gasteiger partial charge in [0.25, 0.3) is 0 Å². The summed E-state index contributed by atoms with van der Waals surface area (Å²) in [5, 5.41) is 3.13. The third-order valence-electron chi connectivity index (χ3n) is 6.89. The Kier molecular flexibility index (Phi) is 12.1. The van der Waals surface area contributed by atoms with Crippen molar-refractivity contribution in [3.8, 4) is 0 Å². The summed E-state index contributed by atoms with van der Waals surface area (Å²) in [5.74, 6) is -0.742. The number of benzene rings is 1. The highest BCUT2D eigenvalue weighted by atomic mass is 16.7. The topological polar surface area (TPSA) is 135 Å². The Labute approximate surface area is 262 Å². The number of esters is 1. The molecule has 1 aromatic carbocycles. The van der Waals surface area contributed by atoms with Gasteiger partial charge >= 0.3 is 18.3 Å². The lowest BCUT2D eigenvalue weighted by molar-refractivity contribution is -0.142. The van der Waals surface area contributed by atoms with E-state index in [9.17, 15) is 14.4 Å². The molecular formula is C34H37N3O8. The first-order valence-electron chi connectivity index (χ1n) is 14.7. The first kappa shape index (κ1) is 32.7. The first-order chi connectivity index (χ1) is 21.8. The Morgan fingerprint density at radius 3 is 1.67 bits per heavy atom. The molecular weight excluding hydrogens is 578 g/mol. The molecule has 0 amide bonds. The van der Waals surface area contributed by atoms with Crippen LogP contribution in [0.4, 0.5) is 9.59 Å². The van der Waals surface area contributed by atoms with Gasteiger partial charge in [-0.15, -0.1) is 0 Å². The Balaban J connectivity index is 1.45. The van der Waals surface area contributed by atoms with E-state index in [4.69, 9.17) is 23.7 Å². The number of hydrogen-bond acceptors (Lipinski definition) is 11. The van der Waals surface area contributed by atoms with Crippen molar-refractivity contribution in [1.29, 1.82) is 0 Å². The Bertz CT molecular complexity index is 1420. The van der Waals surface area contributed by atoms with E-state index in [2.05, 4.69) is 15.3 Å². The molecule has 0 aliphatic carbocycles. The van der Waals surface area contributed by atoms with Gasteiger partial charge in [0, 0.05) is 31.7 Å². The van der Waals surface area contributed by atoms with Gasteiger partial charge in [0.1, 0.15) is 24.0 Å². The van der Waals surface area contributed by atoms with Crippen LogP contribution in [0.1, 0.15) is 61.8 Å². The zero-order chi connectivity index (χ0) is 32.0. The van der Waals surface area contributed by atoms with Gasteiger partial charge in [-0.1, -0.05) is 36.4 Å². The fraction of sp³-hybridized carbons (Fsp3) is 0.324. The predicted octanol–water partition coefficient (Wildman–Crippen LogP) is 6.26. The summed E-state index contributed by atoms with van der Waals surface area (Å²) in [7, 11) is 0. The molecule has 236 valence electrons. The molecule has 3 heterocycles. The molecule has 0 unspecified atom stereocenters. The normalized spacial score (nSPS) is 13.1. The molecule has 1 N–H and O–H groups in total. The summed E-state index contributed by atoms with van der Waals surface area (Å²) in [6.45, 7) is 5.25. The molecule has 0 fully saturated rings. The van der Waals surface area contributed by atoms with Crippen LogP contribution in [0.5, 0.6) is 0 Å². The number of rotatable bonds is 13. The predicted molar refractivity (Wildman–Crippen MR) is 163 cm³/mol. The fourth-order valence-corrected chi connectivity index (χ4v) is 4.72. The van der Waals surface area contributed by atoms with Gasteiger partial charge in [0.15, 0.2) is 0 Å². The minimum atomic E-state index is -0.884. The van der Waals surface area contributed by atoms with Crippen molar-refractivity contribution < 1.29 is 38.1 Å². The Hall–Kier alpha value is -5.19. The number of aromatic nitrogens is 2. The van der Waals surface area contributed by atoms with Crippen LogP contribution in [0.3, 0.4) is 0 Å². The molecule has 3 aromatic rings. The minimum absolute atomic E-state index is 0.106. The number of nitrogens with one attached hydrogen (secondary N) is 1. The van der Waals surface area contributed by atoms with E-state index in [1.54, 1.807) is 62.9 Å². The number of allylic oxidation sites excluding steroid dienone is 2. The van der Waals surface area contributed by atoms with E-state index in [1.165, 1.54) is 6.92 Å². The second kappa shape index (κ2) is 16.6. The molecule has 0 atom stereocenters. The maximum atomic E-state index is 12.8. The smallest absolute Gasteiger partial charge is 0.461 e. The number of nitrogens with zero attached hydrogens (tertiary/aromatic N) is 2. The lowest BCUT2D eigenvalue weighted by Crippen LogP contribution is -2.29. The maximum absolute atomic E-state index is 12.8. The van der Waals surface area contributed by atoms with Crippen molar-refractivity contribution in [1.82, 2.24) is 15.3 Å². The van der Waals surface area contributed by atoms with Crippen LogP contribution in [0, 0.1) is 0 Å². The van der Waals surface area contributed by atoms with Crippen molar-refractivity contribution in [2.75, 3.05) is 13.2 Å². The zero-order valence-corrected chi connectivity index (χ0v) is 25.6. The van der Waals surface area contributed by atoms with Crippen molar-refractivity contribution in [2.45, 2.75) is 59.0 Å². The summed E-state index contributed by atoms with van der Waals surface area (Å²) in [6.07, 6.45) is 7.73. The lowest BCUT2D eigenvalue weighted by Gasteiger charge is -2.30. The zero-order valence-electron chi connectivity index (χ0n) is 25.6. The number of aryl methyl sites for hydroxylation is 2. The van der Waals surface area contributed by atoms with E-state index >= 15 is 0 Å². The van der Waals surface area contributed by atoms with Crippen molar-refractivity contribution >= 4 is 18.3 Å². The second-order valence-electron chi connectivity index (χ2n) is 10.4. The SMILES string of the molecule is CC(=O)OCc1ccc(C2C(OC(=O)OCCCc3cccnc3)=C(C)NC(C)=C2OC(=O)OCCCc2cccnc2)cc1. The number of hydrogen-bond donors (Lipinski definition) is 1. The lowest BCUT2D eigenvalue weighted by atomic mass is 9.90.